The molecule has 0 saturated heterocycles. The van der Waals surface area contributed by atoms with Crippen LogP contribution in [0.5, 0.6) is 11.5 Å². The topological polar surface area (TPSA) is 47.6 Å². The van der Waals surface area contributed by atoms with Crippen LogP contribution in [0.25, 0.3) is 0 Å². The molecule has 0 aliphatic heterocycles. The van der Waals surface area contributed by atoms with Crippen LogP contribution in [0.1, 0.15) is 6.92 Å². The van der Waals surface area contributed by atoms with Crippen LogP contribution in [0.15, 0.2) is 52.3 Å². The highest BCUT2D eigenvalue weighted by Crippen LogP contribution is 2.33. The number of carbonyl (C=O) groups excluding carboxylic acids is 1. The monoisotopic (exact) mass is 363 g/mol. The summed E-state index contributed by atoms with van der Waals surface area (Å²) in [7, 11) is 3.20. The van der Waals surface area contributed by atoms with Crippen molar-refractivity contribution < 1.29 is 14.3 Å². The standard InChI is InChI=1S/C18H21NO3S2/c1-12(18(20)19-13-6-5-7-14(10-13)23-4)24-15-8-9-16(21-2)17(11-15)22-3/h5-12H,1-4H3,(H,19,20)/t12-/m1/s1. The summed E-state index contributed by atoms with van der Waals surface area (Å²) < 4.78 is 10.5. The first-order chi connectivity index (χ1) is 11.6. The highest BCUT2D eigenvalue weighted by molar-refractivity contribution is 8.00. The highest BCUT2D eigenvalue weighted by Gasteiger charge is 2.16. The molecule has 2 aromatic carbocycles. The third kappa shape index (κ3) is 4.85. The van der Waals surface area contributed by atoms with E-state index in [2.05, 4.69) is 5.32 Å². The number of hydrogen-bond acceptors (Lipinski definition) is 5. The zero-order chi connectivity index (χ0) is 17.5. The first-order valence-electron chi connectivity index (χ1n) is 7.41. The number of thioether (sulfide) groups is 2. The largest absolute Gasteiger partial charge is 0.493 e. The van der Waals surface area contributed by atoms with Crippen molar-refractivity contribution in [2.75, 3.05) is 25.8 Å². The minimum absolute atomic E-state index is 0.0342. The van der Waals surface area contributed by atoms with Crippen molar-refractivity contribution in [2.45, 2.75) is 22.0 Å². The van der Waals surface area contributed by atoms with Gasteiger partial charge in [-0.1, -0.05) is 6.07 Å². The van der Waals surface area contributed by atoms with E-state index in [1.54, 1.807) is 26.0 Å². The van der Waals surface area contributed by atoms with Gasteiger partial charge in [-0.05, 0) is 49.6 Å². The van der Waals surface area contributed by atoms with Gasteiger partial charge in [0.05, 0.1) is 19.5 Å². The second kappa shape index (κ2) is 8.89. The lowest BCUT2D eigenvalue weighted by Gasteiger charge is -2.14. The van der Waals surface area contributed by atoms with E-state index in [0.29, 0.717) is 11.5 Å². The summed E-state index contributed by atoms with van der Waals surface area (Å²) >= 11 is 3.12. The molecule has 0 spiro atoms. The average Bonchev–Trinajstić information content (AvgIpc) is 2.61. The lowest BCUT2D eigenvalue weighted by Crippen LogP contribution is -2.22. The summed E-state index contributed by atoms with van der Waals surface area (Å²) in [5.41, 5.74) is 0.812. The molecule has 128 valence electrons. The van der Waals surface area contributed by atoms with Crippen molar-refractivity contribution in [3.63, 3.8) is 0 Å². The summed E-state index contributed by atoms with van der Waals surface area (Å²) in [5, 5.41) is 2.72. The van der Waals surface area contributed by atoms with E-state index in [1.165, 1.54) is 11.8 Å². The summed E-state index contributed by atoms with van der Waals surface area (Å²) in [6.45, 7) is 1.88. The molecule has 4 nitrogen and oxygen atoms in total. The van der Waals surface area contributed by atoms with Crippen molar-refractivity contribution in [3.05, 3.63) is 42.5 Å². The van der Waals surface area contributed by atoms with Crippen molar-refractivity contribution in [1.82, 2.24) is 0 Å². The van der Waals surface area contributed by atoms with Gasteiger partial charge in [-0.15, -0.1) is 23.5 Å². The predicted octanol–water partition coefficient (Wildman–Crippen LogP) is 4.55. The Morgan fingerprint density at radius 2 is 1.79 bits per heavy atom. The SMILES string of the molecule is COc1ccc(S[C@H](C)C(=O)Nc2cccc(SC)c2)cc1OC. The van der Waals surface area contributed by atoms with Crippen molar-refractivity contribution in [3.8, 4) is 11.5 Å². The Morgan fingerprint density at radius 3 is 2.46 bits per heavy atom. The average molecular weight is 364 g/mol. The molecular formula is C18H21NO3S2. The fourth-order valence-electron chi connectivity index (χ4n) is 2.09. The van der Waals surface area contributed by atoms with Gasteiger partial charge in [0.2, 0.25) is 5.91 Å². The second-order valence-electron chi connectivity index (χ2n) is 5.00. The van der Waals surface area contributed by atoms with Gasteiger partial charge in [-0.2, -0.15) is 0 Å². The smallest absolute Gasteiger partial charge is 0.237 e. The summed E-state index contributed by atoms with van der Waals surface area (Å²) in [4.78, 5) is 14.5. The van der Waals surface area contributed by atoms with Crippen LogP contribution >= 0.6 is 23.5 Å². The zero-order valence-corrected chi connectivity index (χ0v) is 15.8. The molecule has 0 saturated carbocycles. The van der Waals surface area contributed by atoms with Gasteiger partial charge in [0.1, 0.15) is 0 Å². The molecule has 0 bridgehead atoms. The van der Waals surface area contributed by atoms with E-state index in [1.807, 2.05) is 55.6 Å². The minimum atomic E-state index is -0.235. The van der Waals surface area contributed by atoms with E-state index in [9.17, 15) is 4.79 Å². The fourth-order valence-corrected chi connectivity index (χ4v) is 3.45. The Bertz CT molecular complexity index is 706. The number of hydrogen-bond donors (Lipinski definition) is 1. The Hall–Kier alpha value is -1.79. The fraction of sp³-hybridized carbons (Fsp3) is 0.278. The lowest BCUT2D eigenvalue weighted by atomic mass is 10.3. The Balaban J connectivity index is 2.03. The molecule has 6 heteroatoms. The minimum Gasteiger partial charge on any atom is -0.493 e. The molecule has 2 aromatic rings. The van der Waals surface area contributed by atoms with Gasteiger partial charge in [0, 0.05) is 15.5 Å². The maximum Gasteiger partial charge on any atom is 0.237 e. The predicted molar refractivity (Wildman–Crippen MR) is 102 cm³/mol. The highest BCUT2D eigenvalue weighted by atomic mass is 32.2. The van der Waals surface area contributed by atoms with Crippen LogP contribution in [0.2, 0.25) is 0 Å². The molecule has 0 aromatic heterocycles. The molecule has 0 unspecified atom stereocenters. The third-order valence-corrected chi connectivity index (χ3v) is 5.19. The molecule has 0 heterocycles. The second-order valence-corrected chi connectivity index (χ2v) is 7.29. The lowest BCUT2D eigenvalue weighted by molar-refractivity contribution is -0.115. The quantitative estimate of drug-likeness (QED) is 0.732. The first-order valence-corrected chi connectivity index (χ1v) is 9.51. The van der Waals surface area contributed by atoms with E-state index < -0.39 is 0 Å². The molecule has 0 fully saturated rings. The number of carbonyl (C=O) groups is 1. The van der Waals surface area contributed by atoms with Gasteiger partial charge >= 0.3 is 0 Å². The molecule has 0 aliphatic rings. The van der Waals surface area contributed by atoms with E-state index >= 15 is 0 Å². The van der Waals surface area contributed by atoms with Crippen LogP contribution in [-0.2, 0) is 4.79 Å². The van der Waals surface area contributed by atoms with Crippen LogP contribution in [0, 0.1) is 0 Å². The number of methoxy groups -OCH3 is 2. The summed E-state index contributed by atoms with van der Waals surface area (Å²) in [6.07, 6.45) is 2.01. The van der Waals surface area contributed by atoms with Gasteiger partial charge in [0.15, 0.2) is 11.5 Å². The van der Waals surface area contributed by atoms with Crippen LogP contribution in [0.4, 0.5) is 5.69 Å². The molecule has 2 rings (SSSR count). The Morgan fingerprint density at radius 1 is 1.04 bits per heavy atom. The molecule has 0 radical (unpaired) electrons. The van der Waals surface area contributed by atoms with Crippen molar-refractivity contribution >= 4 is 35.1 Å². The van der Waals surface area contributed by atoms with Crippen molar-refractivity contribution in [1.29, 1.82) is 0 Å². The van der Waals surface area contributed by atoms with Crippen LogP contribution in [-0.4, -0.2) is 31.6 Å². The first kappa shape index (κ1) is 18.5. The number of benzene rings is 2. The number of anilines is 1. The maximum absolute atomic E-state index is 12.4. The Labute approximate surface area is 151 Å². The van der Waals surface area contributed by atoms with Gasteiger partial charge in [-0.3, -0.25) is 4.79 Å². The molecule has 1 amide bonds. The molecule has 24 heavy (non-hydrogen) atoms. The molecule has 0 aliphatic carbocycles. The Kier molecular flexibility index (Phi) is 6.87. The number of ether oxygens (including phenoxy) is 2. The molecule has 1 N–H and O–H groups in total. The van der Waals surface area contributed by atoms with E-state index in [-0.39, 0.29) is 11.2 Å². The van der Waals surface area contributed by atoms with Crippen molar-refractivity contribution in [2.24, 2.45) is 0 Å². The van der Waals surface area contributed by atoms with Crippen LogP contribution < -0.4 is 14.8 Å². The summed E-state index contributed by atoms with van der Waals surface area (Å²) in [6, 6.07) is 13.5. The molecule has 1 atom stereocenters. The van der Waals surface area contributed by atoms with E-state index in [0.717, 1.165) is 15.5 Å². The zero-order valence-electron chi connectivity index (χ0n) is 14.2. The third-order valence-electron chi connectivity index (χ3n) is 3.37. The van der Waals surface area contributed by atoms with Crippen LogP contribution in [0.3, 0.4) is 0 Å². The number of rotatable bonds is 7. The van der Waals surface area contributed by atoms with Gasteiger partial charge < -0.3 is 14.8 Å². The summed E-state index contributed by atoms with van der Waals surface area (Å²) in [5.74, 6) is 1.30. The maximum atomic E-state index is 12.4. The molecular weight excluding hydrogens is 342 g/mol. The number of nitrogens with one attached hydrogen (secondary N) is 1. The normalized spacial score (nSPS) is 11.7. The van der Waals surface area contributed by atoms with Gasteiger partial charge in [0.25, 0.3) is 0 Å². The van der Waals surface area contributed by atoms with Gasteiger partial charge in [-0.25, -0.2) is 0 Å². The number of amides is 1. The van der Waals surface area contributed by atoms with E-state index in [4.69, 9.17) is 9.47 Å².